The summed E-state index contributed by atoms with van der Waals surface area (Å²) in [6.45, 7) is -4.61. The molecule has 2 aromatic heterocycles. The van der Waals surface area contributed by atoms with Crippen LogP contribution in [0.15, 0.2) is 12.6 Å². The van der Waals surface area contributed by atoms with Crippen molar-refractivity contribution in [2.45, 2.75) is 24.4 Å². The average Bonchev–Trinajstić information content (AvgIpc) is 3.31. The van der Waals surface area contributed by atoms with Gasteiger partial charge in [0, 0.05) is 0 Å². The van der Waals surface area contributed by atoms with Gasteiger partial charge in [-0.25, -0.2) is 28.1 Å². The number of aliphatic hydroxyl groups is 2. The zero-order valence-corrected chi connectivity index (χ0v) is 18.6. The standard InChI is InChI=1S/C10H16N5O13P3.2Li/c11-8-5-9(13-2-12-8)15(3-14-5)10-7(17)6(16)4(26-10)1-25-30(21,22)28-31(23,24)27-29(18,19)20;;/h2-4,6-7,10,16-17H,1H2,(H,21,22)(H,23,24)(H2,11,12,13)(H2,18,19,20);;/q;2*+1/p-2/t4-,6-,7?,10-;;/m1../s1/i1D2,2D,3D,4D,6D,7D,10D,11+1,12+1,13+1,14+1,15+1,16D,17D;;/hD4. The van der Waals surface area contributed by atoms with Crippen molar-refractivity contribution >= 4 is 40.4 Å². The van der Waals surface area contributed by atoms with Gasteiger partial charge in [0.2, 0.25) is 5.72 Å². The van der Waals surface area contributed by atoms with Crippen molar-refractivity contribution in [2.24, 2.45) is 0 Å². The number of hydrogen-bond acceptors (Lipinski definition) is 17. The fourth-order valence-corrected chi connectivity index (χ4v) is 4.52. The van der Waals surface area contributed by atoms with Crippen LogP contribution in [0.3, 0.4) is 0 Å². The first-order valence-electron chi connectivity index (χ1n) is 13.5. The second-order valence-corrected chi connectivity index (χ2v) is 9.13. The first-order valence-corrected chi connectivity index (χ1v) is 11.3. The first kappa shape index (κ1) is 15.2. The number of imidazole rings is 1. The van der Waals surface area contributed by atoms with E-state index in [1.54, 1.807) is 0 Å². The van der Waals surface area contributed by atoms with Crippen LogP contribution in [0.25, 0.3) is 11.2 Å². The van der Waals surface area contributed by atoms with Crippen LogP contribution in [-0.2, 0) is 31.6 Å². The predicted octanol–water partition coefficient (Wildman–Crippen LogP) is -8.88. The fourth-order valence-electron chi connectivity index (χ4n) is 1.85. The van der Waals surface area contributed by atoms with Crippen molar-refractivity contribution in [3.63, 3.8) is 0 Å². The molecule has 0 radical (unpaired) electrons. The normalized spacial score (nSPS) is 43.3. The molecule has 3 heterocycles. The quantitative estimate of drug-likeness (QED) is 0.0899. The van der Waals surface area contributed by atoms with Crippen LogP contribution < -0.4 is 53.2 Å². The number of anilines is 1. The van der Waals surface area contributed by atoms with Gasteiger partial charge in [-0.1, -0.05) is 0 Å². The Hall–Kier alpha value is -0.165. The molecule has 4 unspecified atom stereocenters. The minimum Gasteiger partial charge on any atom is -0.756 e. The molecule has 1 saturated heterocycles. The third kappa shape index (κ3) is 7.66. The molecule has 174 valence electrons. The Morgan fingerprint density at radius 2 is 2.03 bits per heavy atom. The monoisotopic (exact) mass is 538 g/mol. The number of rotatable bonds is 13. The molecule has 1 aliphatic heterocycles. The predicted molar refractivity (Wildman–Crippen MR) is 91.0 cm³/mol. The molecule has 6 N–H and O–H groups in total. The minimum absolute atomic E-state index is 0. The van der Waals surface area contributed by atoms with Crippen LogP contribution >= 0.6 is 23.5 Å². The van der Waals surface area contributed by atoms with Gasteiger partial charge in [-0.3, -0.25) is 18.2 Å². The van der Waals surface area contributed by atoms with Gasteiger partial charge >= 0.3 is 45.5 Å². The maximum Gasteiger partial charge on any atom is 1.00 e. The number of hydrogen-bond donors (Lipinski definition) is 5. The van der Waals surface area contributed by atoms with E-state index in [1.807, 2.05) is 0 Å². The molecule has 2 aromatic rings. The molecule has 0 aliphatic carbocycles. The molecular weight excluding hydrogens is 510 g/mol. The molecule has 18 nitrogen and oxygen atoms in total. The number of fused-ring (bicyclic) bond motifs is 1. The number of phosphoric ester groups is 1. The smallest absolute Gasteiger partial charge is 0.756 e. The van der Waals surface area contributed by atoms with Crippen molar-refractivity contribution in [1.29, 1.82) is 5.72 Å². The molecule has 3 rings (SSSR count). The molecule has 0 bridgehead atoms. The van der Waals surface area contributed by atoms with Crippen molar-refractivity contribution in [2.75, 3.05) is 12.3 Å². The van der Waals surface area contributed by atoms with Crippen LogP contribution in [0, 0.1) is 0 Å². The summed E-state index contributed by atoms with van der Waals surface area (Å²) >= 11 is 0. The second kappa shape index (κ2) is 11.3. The second-order valence-electron chi connectivity index (χ2n) is 4.96. The van der Waals surface area contributed by atoms with Crippen molar-refractivity contribution < 1.29 is 113 Å². The third-order valence-corrected chi connectivity index (χ3v) is 6.38. The number of nitrogen functional groups attached to an aromatic ring is 1. The largest absolute Gasteiger partial charge is 1.00 e. The van der Waals surface area contributed by atoms with Crippen LogP contribution in [0.5, 0.6) is 0 Å². The number of phosphoric acid groups is 3. The Morgan fingerprint density at radius 3 is 2.67 bits per heavy atom. The van der Waals surface area contributed by atoms with E-state index in [1.165, 1.54) is 0 Å². The van der Waals surface area contributed by atoms with Crippen molar-refractivity contribution in [3.05, 3.63) is 12.6 Å². The molecule has 0 aromatic carbocycles. The van der Waals surface area contributed by atoms with E-state index in [2.05, 4.69) is 48.1 Å². The van der Waals surface area contributed by atoms with E-state index in [9.17, 15) is 23.5 Å². The molecule has 23 heteroatoms. The van der Waals surface area contributed by atoms with Gasteiger partial charge in [0.1, 0.15) is 32.8 Å². The summed E-state index contributed by atoms with van der Waals surface area (Å²) in [5.74, 6) is -0.834. The third-order valence-electron chi connectivity index (χ3n) is 2.87. The Kier molecular flexibility index (Phi) is 5.18. The molecule has 33 heavy (non-hydrogen) atoms. The van der Waals surface area contributed by atoms with Gasteiger partial charge in [-0.05, 0) is 0 Å². The fraction of sp³-hybridized carbons (Fsp3) is 0.500. The summed E-state index contributed by atoms with van der Waals surface area (Å²) < 4.78 is 161. The summed E-state index contributed by atoms with van der Waals surface area (Å²) in [5.41, 5.74) is -1.97. The maximum atomic E-state index is 12.8. The van der Waals surface area contributed by atoms with E-state index in [0.29, 0.717) is 0 Å². The summed E-state index contributed by atoms with van der Waals surface area (Å²) in [5, 5.41) is 8.08. The number of aromatic nitrogens is 4. The summed E-state index contributed by atoms with van der Waals surface area (Å²) in [6.07, 6.45) is -19.2. The average molecular weight is 538 g/mol. The van der Waals surface area contributed by atoms with Crippen molar-refractivity contribution in [1.82, 2.24) is 19.5 Å². The van der Waals surface area contributed by atoms with Gasteiger partial charge in [0.25, 0.3) is 15.6 Å². The van der Waals surface area contributed by atoms with E-state index >= 15 is 0 Å². The van der Waals surface area contributed by atoms with Gasteiger partial charge in [-0.2, -0.15) is 0 Å². The van der Waals surface area contributed by atoms with Crippen LogP contribution in [0.2, 0.25) is 2.82 Å². The number of nitrogens with zero attached hydrogens (tertiary/aromatic N) is 4. The maximum absolute atomic E-state index is 12.8. The van der Waals surface area contributed by atoms with Crippen molar-refractivity contribution in [3.8, 4) is 0 Å². The molecule has 1 aliphatic rings. The van der Waals surface area contributed by atoms with E-state index in [4.69, 9.17) is 24.3 Å². The molecule has 0 amide bonds. The Morgan fingerprint density at radius 1 is 1.27 bits per heavy atom. The molecule has 1 fully saturated rings. The summed E-state index contributed by atoms with van der Waals surface area (Å²) in [7, 11) is -19.2. The zero-order chi connectivity index (χ0) is 34.8. The van der Waals surface area contributed by atoms with Gasteiger partial charge in [0.05, 0.1) is 21.1 Å². The topological polar surface area (TPSA) is 285 Å². The molecule has 7 atom stereocenters. The number of nitrogens with two attached hydrogens (primary N) is 1. The van der Waals surface area contributed by atoms with Crippen LogP contribution in [0.1, 0.15) is 17.2 Å². The van der Waals surface area contributed by atoms with Crippen LogP contribution in [-0.4, -0.2) is 70.1 Å². The molecular formula is C10H14Li2N5O13P3. The van der Waals surface area contributed by atoms with E-state index in [-0.39, 0.29) is 48.0 Å². The van der Waals surface area contributed by atoms with E-state index in [0.717, 1.165) is 0 Å². The summed E-state index contributed by atoms with van der Waals surface area (Å²) in [6, 6.07) is 0. The molecule has 0 saturated carbocycles. The minimum atomic E-state index is -6.62. The SMILES string of the molecule is [2H]OC1([2H])[C@]([2H])([15n]2c([2H])[15n]c3c([15N]([2H])[2H])[15n]c([2H])[15n]c32)O[C@]([2H])(C([2H])([2H])OP(=O)(O[2H])OP(=O)([O-])OP(=O)([O-])O[2H])[C@@]1([2H])O[2H].[Li+].[Li+]. The van der Waals surface area contributed by atoms with Gasteiger partial charge in [-0.15, -0.1) is 0 Å². The molecule has 0 spiro atoms. The Balaban J connectivity index is 0.00000552. The van der Waals surface area contributed by atoms with Gasteiger partial charge in [0.15, 0.2) is 20.5 Å². The zero-order valence-electron chi connectivity index (χ0n) is 29.9. The Labute approximate surface area is 228 Å². The van der Waals surface area contributed by atoms with E-state index < -0.39 is 84.1 Å². The summed E-state index contributed by atoms with van der Waals surface area (Å²) in [4.78, 5) is 39.8. The number of ether oxygens (including phenoxy) is 1. The van der Waals surface area contributed by atoms with Gasteiger partial charge < -0.3 is 40.3 Å². The first-order chi connectivity index (χ1) is 20.3. The van der Waals surface area contributed by atoms with Crippen LogP contribution in [0.4, 0.5) is 5.82 Å². The Bertz CT molecular complexity index is 1640.